The molecular weight excluding hydrogens is 615 g/mol. The summed E-state index contributed by atoms with van der Waals surface area (Å²) in [6.07, 6.45) is 8.12. The Bertz CT molecular complexity index is 1840. The Hall–Kier alpha value is -4.72. The van der Waals surface area contributed by atoms with Gasteiger partial charge >= 0.3 is 6.18 Å². The van der Waals surface area contributed by atoms with Gasteiger partial charge in [-0.15, -0.1) is 0 Å². The number of ether oxygens (including phenoxy) is 2. The smallest absolute Gasteiger partial charge is 0.416 e. The maximum absolute atomic E-state index is 13.4. The van der Waals surface area contributed by atoms with E-state index in [0.717, 1.165) is 49.1 Å². The standard InChI is InChI=1S/C33H34F3N7O4/c1-32(17-46-18-32)31(45)42-12-2-4-21(16-42)29-41-26(27-28(37)39-15-23(43(27)29)24-5-3-13-47-24)19-6-8-20(9-7-19)30(44)40-25-14-22(10-11-38-25)33(34,35)36/h5-6,8-11,14-15,19,21H,2-4,7,12-13,16-18H2,1H3,(H2,37,39)(H,38,40,44). The summed E-state index contributed by atoms with van der Waals surface area (Å²) in [4.78, 5) is 41.9. The molecule has 0 bridgehead atoms. The first-order chi connectivity index (χ1) is 22.5. The molecule has 7 rings (SSSR count). The van der Waals surface area contributed by atoms with E-state index in [-0.39, 0.29) is 29.1 Å². The van der Waals surface area contributed by atoms with E-state index in [2.05, 4.69) is 15.3 Å². The first-order valence-corrected chi connectivity index (χ1v) is 15.6. The van der Waals surface area contributed by atoms with Crippen LogP contribution in [0.2, 0.25) is 0 Å². The average Bonchev–Trinajstić information content (AvgIpc) is 3.73. The van der Waals surface area contributed by atoms with Gasteiger partial charge in [0, 0.05) is 43.1 Å². The third-order valence-corrected chi connectivity index (χ3v) is 9.17. The molecule has 2 fully saturated rings. The number of hydrogen-bond donors (Lipinski definition) is 2. The minimum atomic E-state index is -4.56. The van der Waals surface area contributed by atoms with Gasteiger partial charge in [-0.1, -0.05) is 18.2 Å². The Morgan fingerprint density at radius 1 is 1.19 bits per heavy atom. The van der Waals surface area contributed by atoms with Crippen molar-refractivity contribution in [3.63, 3.8) is 0 Å². The summed E-state index contributed by atoms with van der Waals surface area (Å²) in [7, 11) is 0. The van der Waals surface area contributed by atoms with Crippen LogP contribution in [0.4, 0.5) is 24.8 Å². The van der Waals surface area contributed by atoms with Crippen molar-refractivity contribution in [3.8, 4) is 0 Å². The van der Waals surface area contributed by atoms with Gasteiger partial charge in [-0.05, 0) is 44.4 Å². The van der Waals surface area contributed by atoms with Gasteiger partial charge in [-0.25, -0.2) is 15.0 Å². The van der Waals surface area contributed by atoms with E-state index < -0.39 is 23.1 Å². The van der Waals surface area contributed by atoms with Crippen LogP contribution >= 0.6 is 0 Å². The molecule has 0 saturated carbocycles. The van der Waals surface area contributed by atoms with E-state index >= 15 is 0 Å². The third-order valence-electron chi connectivity index (χ3n) is 9.17. The molecular formula is C33H34F3N7O4. The van der Waals surface area contributed by atoms with Crippen molar-refractivity contribution in [1.29, 1.82) is 0 Å². The van der Waals surface area contributed by atoms with Crippen molar-refractivity contribution in [1.82, 2.24) is 24.3 Å². The summed E-state index contributed by atoms with van der Waals surface area (Å²) in [5, 5.41) is 2.46. The van der Waals surface area contributed by atoms with Crippen LogP contribution in [-0.4, -0.2) is 69.0 Å². The highest BCUT2D eigenvalue weighted by atomic mass is 19.4. The number of pyridine rings is 1. The number of rotatable bonds is 6. The molecule has 11 nitrogen and oxygen atoms in total. The summed E-state index contributed by atoms with van der Waals surface area (Å²) in [6, 6.07) is 1.64. The van der Waals surface area contributed by atoms with Gasteiger partial charge in [-0.2, -0.15) is 13.2 Å². The van der Waals surface area contributed by atoms with Crippen LogP contribution in [0, 0.1) is 5.41 Å². The normalized spacial score (nSPS) is 22.3. The lowest BCUT2D eigenvalue weighted by Gasteiger charge is -2.42. The number of nitrogen functional groups attached to an aromatic ring is 1. The molecule has 47 heavy (non-hydrogen) atoms. The van der Waals surface area contributed by atoms with E-state index in [0.29, 0.717) is 62.1 Å². The Morgan fingerprint density at radius 2 is 2.02 bits per heavy atom. The van der Waals surface area contributed by atoms with Gasteiger partial charge in [0.1, 0.15) is 34.4 Å². The number of piperidine rings is 1. The molecule has 3 N–H and O–H groups in total. The van der Waals surface area contributed by atoms with Crippen LogP contribution in [-0.2, 0) is 25.2 Å². The minimum Gasteiger partial charge on any atom is -0.491 e. The van der Waals surface area contributed by atoms with E-state index in [1.807, 2.05) is 28.4 Å². The molecule has 2 unspecified atom stereocenters. The van der Waals surface area contributed by atoms with Gasteiger partial charge in [-0.3, -0.25) is 14.0 Å². The molecule has 3 aromatic heterocycles. The van der Waals surface area contributed by atoms with E-state index in [1.54, 1.807) is 18.3 Å². The number of likely N-dealkylation sites (tertiary alicyclic amines) is 1. The van der Waals surface area contributed by atoms with Crippen LogP contribution in [0.1, 0.15) is 67.2 Å². The lowest BCUT2D eigenvalue weighted by Crippen LogP contribution is -2.55. The largest absolute Gasteiger partial charge is 0.491 e. The van der Waals surface area contributed by atoms with Crippen LogP contribution in [0.25, 0.3) is 11.3 Å². The molecule has 14 heteroatoms. The third kappa shape index (κ3) is 5.75. The summed E-state index contributed by atoms with van der Waals surface area (Å²) in [5.41, 5.74) is 7.46. The SMILES string of the molecule is CC1(C(=O)N2CCCC(c3nc(C4C=CC(C(=O)Nc5cc(C(F)(F)F)ccn5)=CC4)c4c(N)ncc(C5=CCCO5)n34)C2)COC1. The number of amides is 2. The van der Waals surface area contributed by atoms with Gasteiger partial charge in [0.25, 0.3) is 5.91 Å². The second-order valence-corrected chi connectivity index (χ2v) is 12.7. The van der Waals surface area contributed by atoms with Gasteiger partial charge in [0.05, 0.1) is 42.7 Å². The number of anilines is 2. The Kier molecular flexibility index (Phi) is 7.77. The predicted octanol–water partition coefficient (Wildman–Crippen LogP) is 4.84. The molecule has 6 heterocycles. The zero-order chi connectivity index (χ0) is 32.9. The first-order valence-electron chi connectivity index (χ1n) is 15.6. The van der Waals surface area contributed by atoms with Crippen LogP contribution in [0.5, 0.6) is 0 Å². The van der Waals surface area contributed by atoms with Crippen molar-refractivity contribution in [2.24, 2.45) is 5.41 Å². The summed E-state index contributed by atoms with van der Waals surface area (Å²) in [5.74, 6) is 0.715. The number of halogens is 3. The number of allylic oxidation sites excluding steroid dienone is 2. The van der Waals surface area contributed by atoms with E-state index in [1.165, 1.54) is 0 Å². The fourth-order valence-electron chi connectivity index (χ4n) is 6.64. The van der Waals surface area contributed by atoms with Crippen LogP contribution in [0.15, 0.2) is 54.4 Å². The second-order valence-electron chi connectivity index (χ2n) is 12.7. The number of nitrogens with two attached hydrogens (primary N) is 1. The van der Waals surface area contributed by atoms with Gasteiger partial charge in [0.15, 0.2) is 0 Å². The molecule has 246 valence electrons. The number of alkyl halides is 3. The fourth-order valence-corrected chi connectivity index (χ4v) is 6.64. The van der Waals surface area contributed by atoms with Crippen molar-refractivity contribution in [2.75, 3.05) is 44.0 Å². The summed E-state index contributed by atoms with van der Waals surface area (Å²) in [6.45, 7) is 4.50. The summed E-state index contributed by atoms with van der Waals surface area (Å²) >= 11 is 0. The van der Waals surface area contributed by atoms with Crippen molar-refractivity contribution < 1.29 is 32.2 Å². The zero-order valence-corrected chi connectivity index (χ0v) is 25.7. The molecule has 2 saturated heterocycles. The van der Waals surface area contributed by atoms with Crippen molar-refractivity contribution in [2.45, 2.75) is 50.6 Å². The molecule has 2 atom stereocenters. The Balaban J connectivity index is 1.19. The predicted molar refractivity (Wildman–Crippen MR) is 166 cm³/mol. The number of hydrogen-bond acceptors (Lipinski definition) is 8. The van der Waals surface area contributed by atoms with Gasteiger partial charge in [0.2, 0.25) is 5.91 Å². The summed E-state index contributed by atoms with van der Waals surface area (Å²) < 4.78 is 52.7. The number of carbonyl (C=O) groups excluding carboxylic acids is 2. The number of imidazole rings is 1. The minimum absolute atomic E-state index is 0.0782. The lowest BCUT2D eigenvalue weighted by molar-refractivity contribution is -0.170. The topological polar surface area (TPSA) is 137 Å². The average molecular weight is 650 g/mol. The highest BCUT2D eigenvalue weighted by Crippen LogP contribution is 2.39. The first kappa shape index (κ1) is 30.9. The Morgan fingerprint density at radius 3 is 2.70 bits per heavy atom. The monoisotopic (exact) mass is 649 g/mol. The fraction of sp³-hybridized carbons (Fsp3) is 0.424. The highest BCUT2D eigenvalue weighted by molar-refractivity contribution is 6.05. The number of nitrogens with one attached hydrogen (secondary N) is 1. The molecule has 3 aliphatic heterocycles. The van der Waals surface area contributed by atoms with Crippen molar-refractivity contribution >= 4 is 34.7 Å². The lowest BCUT2D eigenvalue weighted by atomic mass is 9.85. The zero-order valence-electron chi connectivity index (χ0n) is 25.7. The van der Waals surface area contributed by atoms with Crippen LogP contribution in [0.3, 0.4) is 0 Å². The molecule has 1 aliphatic carbocycles. The number of carbonyl (C=O) groups is 2. The quantitative estimate of drug-likeness (QED) is 0.387. The number of fused-ring (bicyclic) bond motifs is 1. The second kappa shape index (κ2) is 11.8. The molecule has 2 amide bonds. The maximum Gasteiger partial charge on any atom is 0.416 e. The Labute approximate surface area is 268 Å². The number of nitrogens with zero attached hydrogens (tertiary/aromatic N) is 5. The highest BCUT2D eigenvalue weighted by Gasteiger charge is 2.45. The molecule has 0 radical (unpaired) electrons. The molecule has 0 aromatic carbocycles. The molecule has 0 spiro atoms. The molecule has 3 aromatic rings. The van der Waals surface area contributed by atoms with Crippen molar-refractivity contribution in [3.05, 3.63) is 77.2 Å². The van der Waals surface area contributed by atoms with E-state index in [9.17, 15) is 22.8 Å². The van der Waals surface area contributed by atoms with Crippen LogP contribution < -0.4 is 11.1 Å². The van der Waals surface area contributed by atoms with E-state index in [4.69, 9.17) is 20.2 Å². The number of aromatic nitrogens is 4. The van der Waals surface area contributed by atoms with Gasteiger partial charge < -0.3 is 25.4 Å². The maximum atomic E-state index is 13.4. The molecule has 4 aliphatic rings.